The number of nitrogens with zero attached hydrogens (tertiary/aromatic N) is 3. The average molecular weight is 299 g/mol. The van der Waals surface area contributed by atoms with Crippen molar-refractivity contribution in [2.24, 2.45) is 5.92 Å². The number of amides is 1. The maximum Gasteiger partial charge on any atom is 0.310 e. The van der Waals surface area contributed by atoms with E-state index >= 15 is 0 Å². The zero-order valence-corrected chi connectivity index (χ0v) is 12.3. The monoisotopic (exact) mass is 299 g/mol. The molecule has 1 aromatic heterocycles. The molecule has 6 heteroatoms. The lowest BCUT2D eigenvalue weighted by atomic mass is 10.1. The number of esters is 1. The van der Waals surface area contributed by atoms with Crippen LogP contribution in [0.5, 0.6) is 0 Å². The van der Waals surface area contributed by atoms with Crippen molar-refractivity contribution < 1.29 is 14.3 Å². The summed E-state index contributed by atoms with van der Waals surface area (Å²) in [4.78, 5) is 25.2. The van der Waals surface area contributed by atoms with E-state index in [4.69, 9.17) is 4.74 Å². The van der Waals surface area contributed by atoms with Crippen LogP contribution in [-0.4, -0.2) is 40.2 Å². The van der Waals surface area contributed by atoms with Crippen LogP contribution in [0, 0.1) is 5.92 Å². The SMILES string of the molecule is COC(=O)C1CC(=O)N(Cc2ccc(-n3cccn3)cc2)C1. The molecule has 6 nitrogen and oxygen atoms in total. The third kappa shape index (κ3) is 2.86. The Morgan fingerprint density at radius 1 is 1.36 bits per heavy atom. The van der Waals surface area contributed by atoms with Crippen LogP contribution in [0.4, 0.5) is 0 Å². The summed E-state index contributed by atoms with van der Waals surface area (Å²) in [6, 6.07) is 9.72. The summed E-state index contributed by atoms with van der Waals surface area (Å²) >= 11 is 0. The van der Waals surface area contributed by atoms with E-state index < -0.39 is 0 Å². The first kappa shape index (κ1) is 14.3. The number of rotatable bonds is 4. The normalized spacial score (nSPS) is 17.8. The van der Waals surface area contributed by atoms with Crippen LogP contribution in [0.15, 0.2) is 42.7 Å². The molecule has 114 valence electrons. The van der Waals surface area contributed by atoms with Crippen molar-refractivity contribution in [2.45, 2.75) is 13.0 Å². The molecule has 1 aliphatic heterocycles. The van der Waals surface area contributed by atoms with E-state index in [1.807, 2.05) is 36.5 Å². The van der Waals surface area contributed by atoms with Gasteiger partial charge >= 0.3 is 5.97 Å². The van der Waals surface area contributed by atoms with Crippen molar-refractivity contribution in [3.05, 3.63) is 48.3 Å². The lowest BCUT2D eigenvalue weighted by molar-refractivity contribution is -0.145. The van der Waals surface area contributed by atoms with Gasteiger partial charge in [-0.15, -0.1) is 0 Å². The van der Waals surface area contributed by atoms with Gasteiger partial charge in [0.05, 0.1) is 18.7 Å². The highest BCUT2D eigenvalue weighted by Crippen LogP contribution is 2.21. The third-order valence-corrected chi connectivity index (χ3v) is 3.83. The molecular weight excluding hydrogens is 282 g/mol. The summed E-state index contributed by atoms with van der Waals surface area (Å²) in [5.74, 6) is -0.669. The molecule has 0 radical (unpaired) electrons. The summed E-state index contributed by atoms with van der Waals surface area (Å²) in [5.41, 5.74) is 1.99. The van der Waals surface area contributed by atoms with Crippen LogP contribution in [0.1, 0.15) is 12.0 Å². The smallest absolute Gasteiger partial charge is 0.310 e. The number of ether oxygens (including phenoxy) is 1. The highest BCUT2D eigenvalue weighted by atomic mass is 16.5. The van der Waals surface area contributed by atoms with Crippen LogP contribution in [0.3, 0.4) is 0 Å². The Labute approximate surface area is 128 Å². The van der Waals surface area contributed by atoms with Gasteiger partial charge in [-0.1, -0.05) is 12.1 Å². The minimum Gasteiger partial charge on any atom is -0.469 e. The first-order chi connectivity index (χ1) is 10.7. The van der Waals surface area contributed by atoms with Crippen LogP contribution in [0.2, 0.25) is 0 Å². The molecule has 1 aliphatic rings. The molecule has 1 aromatic carbocycles. The Balaban J connectivity index is 1.66. The number of methoxy groups -OCH3 is 1. The van der Waals surface area contributed by atoms with Gasteiger partial charge in [0.25, 0.3) is 0 Å². The van der Waals surface area contributed by atoms with Gasteiger partial charge in [0, 0.05) is 31.9 Å². The zero-order chi connectivity index (χ0) is 15.5. The molecule has 0 N–H and O–H groups in total. The summed E-state index contributed by atoms with van der Waals surface area (Å²) in [5, 5.41) is 4.17. The Hall–Kier alpha value is -2.63. The van der Waals surface area contributed by atoms with E-state index in [0.29, 0.717) is 13.1 Å². The minimum absolute atomic E-state index is 0.00782. The number of carbonyl (C=O) groups is 2. The molecule has 2 aromatic rings. The molecule has 0 saturated carbocycles. The second kappa shape index (κ2) is 6.01. The molecular formula is C16H17N3O3. The van der Waals surface area contributed by atoms with Gasteiger partial charge in [0.2, 0.25) is 5.91 Å². The number of carbonyl (C=O) groups excluding carboxylic acids is 2. The minimum atomic E-state index is -0.346. The van der Waals surface area contributed by atoms with Crippen molar-refractivity contribution in [2.75, 3.05) is 13.7 Å². The summed E-state index contributed by atoms with van der Waals surface area (Å²) in [6.45, 7) is 0.929. The molecule has 1 saturated heterocycles. The van der Waals surface area contributed by atoms with Gasteiger partial charge in [-0.3, -0.25) is 9.59 Å². The standard InChI is InChI=1S/C16H17N3O3/c1-22-16(21)13-9-15(20)18(11-13)10-12-3-5-14(6-4-12)19-8-2-7-17-19/h2-8,13H,9-11H2,1H3. The molecule has 0 bridgehead atoms. The average Bonchev–Trinajstić information content (AvgIpc) is 3.18. The van der Waals surface area contributed by atoms with Crippen molar-refractivity contribution in [1.82, 2.24) is 14.7 Å². The fraction of sp³-hybridized carbons (Fsp3) is 0.312. The van der Waals surface area contributed by atoms with Crippen molar-refractivity contribution >= 4 is 11.9 Å². The summed E-state index contributed by atoms with van der Waals surface area (Å²) in [7, 11) is 1.35. The molecule has 1 unspecified atom stereocenters. The Morgan fingerprint density at radius 3 is 2.77 bits per heavy atom. The topological polar surface area (TPSA) is 64.4 Å². The van der Waals surface area contributed by atoms with Gasteiger partial charge in [0.1, 0.15) is 0 Å². The molecule has 22 heavy (non-hydrogen) atoms. The molecule has 3 rings (SSSR count). The van der Waals surface area contributed by atoms with E-state index in [0.717, 1.165) is 11.3 Å². The van der Waals surface area contributed by atoms with E-state index in [-0.39, 0.29) is 24.2 Å². The molecule has 2 heterocycles. The van der Waals surface area contributed by atoms with E-state index in [1.54, 1.807) is 15.8 Å². The van der Waals surface area contributed by atoms with Crippen LogP contribution in [-0.2, 0) is 20.9 Å². The van der Waals surface area contributed by atoms with Crippen molar-refractivity contribution in [1.29, 1.82) is 0 Å². The fourth-order valence-corrected chi connectivity index (χ4v) is 2.65. The third-order valence-electron chi connectivity index (χ3n) is 3.83. The van der Waals surface area contributed by atoms with Gasteiger partial charge in [-0.05, 0) is 23.8 Å². The number of hydrogen-bond acceptors (Lipinski definition) is 4. The Morgan fingerprint density at radius 2 is 2.14 bits per heavy atom. The van der Waals surface area contributed by atoms with E-state index in [1.165, 1.54) is 7.11 Å². The second-order valence-electron chi connectivity index (χ2n) is 5.32. The quantitative estimate of drug-likeness (QED) is 0.800. The molecule has 1 fully saturated rings. The highest BCUT2D eigenvalue weighted by molar-refractivity contribution is 5.86. The van der Waals surface area contributed by atoms with E-state index in [2.05, 4.69) is 5.10 Å². The predicted octanol–water partition coefficient (Wildman–Crippen LogP) is 1.39. The van der Waals surface area contributed by atoms with Crippen molar-refractivity contribution in [3.8, 4) is 5.69 Å². The lowest BCUT2D eigenvalue weighted by Crippen LogP contribution is -2.26. The van der Waals surface area contributed by atoms with Gasteiger partial charge in [-0.25, -0.2) is 4.68 Å². The van der Waals surface area contributed by atoms with Gasteiger partial charge in [-0.2, -0.15) is 5.10 Å². The number of hydrogen-bond donors (Lipinski definition) is 0. The number of aromatic nitrogens is 2. The lowest BCUT2D eigenvalue weighted by Gasteiger charge is -2.16. The number of benzene rings is 1. The van der Waals surface area contributed by atoms with Crippen LogP contribution < -0.4 is 0 Å². The second-order valence-corrected chi connectivity index (χ2v) is 5.32. The molecule has 1 atom stereocenters. The van der Waals surface area contributed by atoms with Crippen LogP contribution in [0.25, 0.3) is 5.69 Å². The predicted molar refractivity (Wildman–Crippen MR) is 79.1 cm³/mol. The maximum absolute atomic E-state index is 12.0. The maximum atomic E-state index is 12.0. The van der Waals surface area contributed by atoms with Crippen molar-refractivity contribution in [3.63, 3.8) is 0 Å². The summed E-state index contributed by atoms with van der Waals surface area (Å²) < 4.78 is 6.49. The molecule has 1 amide bonds. The molecule has 0 aliphatic carbocycles. The largest absolute Gasteiger partial charge is 0.469 e. The Kier molecular flexibility index (Phi) is 3.91. The first-order valence-corrected chi connectivity index (χ1v) is 7.12. The number of likely N-dealkylation sites (tertiary alicyclic amines) is 1. The zero-order valence-electron chi connectivity index (χ0n) is 12.3. The Bertz CT molecular complexity index is 664. The summed E-state index contributed by atoms with van der Waals surface area (Å²) in [6.07, 6.45) is 3.84. The van der Waals surface area contributed by atoms with Crippen LogP contribution >= 0.6 is 0 Å². The van der Waals surface area contributed by atoms with Gasteiger partial charge < -0.3 is 9.64 Å². The van der Waals surface area contributed by atoms with Gasteiger partial charge in [0.15, 0.2) is 0 Å². The first-order valence-electron chi connectivity index (χ1n) is 7.12. The fourth-order valence-electron chi connectivity index (χ4n) is 2.65. The van der Waals surface area contributed by atoms with E-state index in [9.17, 15) is 9.59 Å². The highest BCUT2D eigenvalue weighted by Gasteiger charge is 2.34. The molecule has 0 spiro atoms.